The normalized spacial score (nSPS) is 17.2. The van der Waals surface area contributed by atoms with E-state index in [9.17, 15) is 4.39 Å². The largest absolute Gasteiger partial charge is 0.482 e. The van der Waals surface area contributed by atoms with Gasteiger partial charge in [-0.15, -0.1) is 0 Å². The Labute approximate surface area is 184 Å². The van der Waals surface area contributed by atoms with Crippen LogP contribution in [-0.2, 0) is 12.8 Å². The first kappa shape index (κ1) is 21.0. The molecule has 2 bridgehead atoms. The van der Waals surface area contributed by atoms with Gasteiger partial charge < -0.3 is 15.8 Å². The molecule has 0 fully saturated rings. The number of nitrogen functional groups attached to an aromatic ring is 1. The maximum Gasteiger partial charge on any atom is 0.166 e. The lowest BCUT2D eigenvalue weighted by Crippen LogP contribution is -2.16. The topological polar surface area (TPSA) is 96.9 Å². The summed E-state index contributed by atoms with van der Waals surface area (Å²) in [6.45, 7) is 3.91. The molecule has 0 amide bonds. The highest BCUT2D eigenvalue weighted by molar-refractivity contribution is 7.06. The molecule has 1 aromatic carbocycles. The van der Waals surface area contributed by atoms with E-state index in [1.54, 1.807) is 25.5 Å². The van der Waals surface area contributed by atoms with Crippen LogP contribution in [0.4, 0.5) is 10.2 Å². The number of rotatable bonds is 2. The predicted octanol–water partition coefficient (Wildman–Crippen LogP) is 4.66. The Hall–Kier alpha value is -3.26. The van der Waals surface area contributed by atoms with Crippen LogP contribution in [0.3, 0.4) is 0 Å². The standard InChI is InChI=1S/C23H24FN5OS/c1-4-20-21-13-8-19(23(26)28-11-13)30-12(2)17-9-15(24)5-6-16(17)22(25)14(10-27-3)7-18(21)29-31-20/h5-6,8-12,25,27H,4,7H2,1-3H3,(H2,26,28)/b14-10-,25-22?/t12-/m1/s1. The number of ether oxygens (including phenoxy) is 1. The van der Waals surface area contributed by atoms with Crippen molar-refractivity contribution in [2.24, 2.45) is 0 Å². The van der Waals surface area contributed by atoms with Gasteiger partial charge in [0.15, 0.2) is 11.6 Å². The third kappa shape index (κ3) is 3.90. The fourth-order valence-corrected chi connectivity index (χ4v) is 4.66. The number of nitrogens with two attached hydrogens (primary N) is 1. The van der Waals surface area contributed by atoms with E-state index in [0.29, 0.717) is 29.0 Å². The number of benzene rings is 1. The van der Waals surface area contributed by atoms with E-state index < -0.39 is 6.10 Å². The summed E-state index contributed by atoms with van der Waals surface area (Å²) in [7, 11) is 1.79. The lowest BCUT2D eigenvalue weighted by Gasteiger charge is -2.22. The number of halogens is 1. The molecule has 31 heavy (non-hydrogen) atoms. The van der Waals surface area contributed by atoms with Crippen LogP contribution < -0.4 is 15.8 Å². The lowest BCUT2D eigenvalue weighted by molar-refractivity contribution is 0.227. The molecule has 160 valence electrons. The molecule has 6 nitrogen and oxygen atoms in total. The molecule has 0 radical (unpaired) electrons. The predicted molar refractivity (Wildman–Crippen MR) is 122 cm³/mol. The molecule has 2 aromatic heterocycles. The van der Waals surface area contributed by atoms with E-state index in [4.69, 9.17) is 20.3 Å². The molecule has 8 heteroatoms. The molecule has 4 rings (SSSR count). The zero-order valence-electron chi connectivity index (χ0n) is 17.6. The highest BCUT2D eigenvalue weighted by Gasteiger charge is 2.24. The fourth-order valence-electron chi connectivity index (χ4n) is 3.83. The quantitative estimate of drug-likeness (QED) is 0.542. The summed E-state index contributed by atoms with van der Waals surface area (Å²) in [5.74, 6) is 0.305. The number of aryl methyl sites for hydroxylation is 1. The van der Waals surface area contributed by atoms with Crippen LogP contribution in [0.15, 0.2) is 42.2 Å². The van der Waals surface area contributed by atoms with E-state index in [2.05, 4.69) is 17.2 Å². The van der Waals surface area contributed by atoms with Gasteiger partial charge in [-0.25, -0.2) is 9.37 Å². The van der Waals surface area contributed by atoms with Crippen LogP contribution in [0.5, 0.6) is 5.75 Å². The van der Waals surface area contributed by atoms with Gasteiger partial charge in [0.2, 0.25) is 0 Å². The van der Waals surface area contributed by atoms with Crippen molar-refractivity contribution in [1.29, 1.82) is 5.41 Å². The van der Waals surface area contributed by atoms with Crippen molar-refractivity contribution in [3.63, 3.8) is 0 Å². The molecule has 3 heterocycles. The van der Waals surface area contributed by atoms with Crippen molar-refractivity contribution in [1.82, 2.24) is 14.7 Å². The van der Waals surface area contributed by atoms with Crippen molar-refractivity contribution in [2.75, 3.05) is 12.8 Å². The molecule has 0 saturated carbocycles. The first-order valence-corrected chi connectivity index (χ1v) is 10.8. The second-order valence-corrected chi connectivity index (χ2v) is 8.25. The van der Waals surface area contributed by atoms with E-state index >= 15 is 0 Å². The molecule has 1 aliphatic heterocycles. The molecule has 1 aliphatic rings. The maximum atomic E-state index is 14.1. The summed E-state index contributed by atoms with van der Waals surface area (Å²) in [6, 6.07) is 6.27. The van der Waals surface area contributed by atoms with Gasteiger partial charge in [0.25, 0.3) is 0 Å². The van der Waals surface area contributed by atoms with Crippen molar-refractivity contribution >= 4 is 23.1 Å². The second-order valence-electron chi connectivity index (χ2n) is 7.39. The number of hydrogen-bond acceptors (Lipinski definition) is 7. The highest BCUT2D eigenvalue weighted by atomic mass is 32.1. The molecule has 3 aromatic rings. The third-order valence-electron chi connectivity index (χ3n) is 5.35. The minimum Gasteiger partial charge on any atom is -0.482 e. The third-order valence-corrected chi connectivity index (χ3v) is 6.37. The SMILES string of the molecule is CCc1snc2c1-c1cnc(N)c(c1)O[C@H](C)c1cc(F)ccc1C(=N)/C(=C\NC)C2. The fraction of sp³-hybridized carbons (Fsp3) is 0.261. The smallest absolute Gasteiger partial charge is 0.166 e. The number of nitrogens with zero attached hydrogens (tertiary/aromatic N) is 2. The van der Waals surface area contributed by atoms with Gasteiger partial charge >= 0.3 is 0 Å². The lowest BCUT2D eigenvalue weighted by atomic mass is 9.91. The first-order valence-electron chi connectivity index (χ1n) is 10.1. The molecular weight excluding hydrogens is 413 g/mol. The number of fused-ring (bicyclic) bond motifs is 5. The van der Waals surface area contributed by atoms with Crippen LogP contribution in [0, 0.1) is 11.2 Å². The van der Waals surface area contributed by atoms with Gasteiger partial charge in [0.05, 0.1) is 11.4 Å². The highest BCUT2D eigenvalue weighted by Crippen LogP contribution is 2.38. The summed E-state index contributed by atoms with van der Waals surface area (Å²) in [6.07, 6.45) is 4.28. The summed E-state index contributed by atoms with van der Waals surface area (Å²) in [4.78, 5) is 5.48. The van der Waals surface area contributed by atoms with Gasteiger partial charge in [0.1, 0.15) is 11.9 Å². The summed E-state index contributed by atoms with van der Waals surface area (Å²) in [5.41, 5.74) is 11.1. The second kappa shape index (κ2) is 8.47. The van der Waals surface area contributed by atoms with Crippen LogP contribution in [0.1, 0.15) is 41.6 Å². The molecule has 0 saturated heterocycles. The van der Waals surface area contributed by atoms with Gasteiger partial charge in [-0.3, -0.25) is 5.41 Å². The zero-order chi connectivity index (χ0) is 22.1. The maximum absolute atomic E-state index is 14.1. The monoisotopic (exact) mass is 437 g/mol. The average molecular weight is 438 g/mol. The Morgan fingerprint density at radius 1 is 1.39 bits per heavy atom. The minimum atomic E-state index is -0.536. The van der Waals surface area contributed by atoms with Crippen molar-refractivity contribution in [2.45, 2.75) is 32.8 Å². The summed E-state index contributed by atoms with van der Waals surface area (Å²) >= 11 is 1.45. The molecule has 1 atom stereocenters. The van der Waals surface area contributed by atoms with Crippen LogP contribution in [-0.4, -0.2) is 22.1 Å². The minimum absolute atomic E-state index is 0.263. The zero-order valence-corrected chi connectivity index (χ0v) is 18.4. The number of pyridine rings is 1. The number of aromatic nitrogens is 2. The first-order chi connectivity index (χ1) is 14.9. The van der Waals surface area contributed by atoms with E-state index in [0.717, 1.165) is 33.7 Å². The van der Waals surface area contributed by atoms with E-state index in [1.165, 1.54) is 23.7 Å². The van der Waals surface area contributed by atoms with Gasteiger partial charge in [-0.1, -0.05) is 6.92 Å². The Morgan fingerprint density at radius 2 is 2.19 bits per heavy atom. The van der Waals surface area contributed by atoms with Gasteiger partial charge in [-0.05, 0) is 54.7 Å². The number of nitrogens with one attached hydrogen (secondary N) is 2. The molecule has 4 N–H and O–H groups in total. The van der Waals surface area contributed by atoms with Crippen LogP contribution in [0.25, 0.3) is 11.1 Å². The van der Waals surface area contributed by atoms with Crippen molar-refractivity contribution in [3.05, 3.63) is 69.8 Å². The van der Waals surface area contributed by atoms with E-state index in [1.807, 2.05) is 13.0 Å². The summed E-state index contributed by atoms with van der Waals surface area (Å²) < 4.78 is 25.0. The molecule has 0 aliphatic carbocycles. The van der Waals surface area contributed by atoms with Crippen molar-refractivity contribution < 1.29 is 9.13 Å². The van der Waals surface area contributed by atoms with Gasteiger partial charge in [-0.2, -0.15) is 4.37 Å². The Bertz CT molecular complexity index is 1190. The Morgan fingerprint density at radius 3 is 2.94 bits per heavy atom. The Kier molecular flexibility index (Phi) is 5.73. The van der Waals surface area contributed by atoms with Gasteiger partial charge in [0, 0.05) is 53.0 Å². The Balaban J connectivity index is 1.99. The van der Waals surface area contributed by atoms with E-state index in [-0.39, 0.29) is 11.6 Å². The molecule has 0 unspecified atom stereocenters. The molecular formula is C23H24FN5OS. The number of hydrogen-bond donors (Lipinski definition) is 3. The average Bonchev–Trinajstić information content (AvgIpc) is 3.16. The molecule has 0 spiro atoms. The number of anilines is 1. The van der Waals surface area contributed by atoms with Crippen LogP contribution >= 0.6 is 11.5 Å². The number of allylic oxidation sites excluding steroid dienone is 1. The van der Waals surface area contributed by atoms with Crippen molar-refractivity contribution in [3.8, 4) is 16.9 Å². The summed E-state index contributed by atoms with van der Waals surface area (Å²) in [5, 5.41) is 12.0. The van der Waals surface area contributed by atoms with Crippen LogP contribution in [0.2, 0.25) is 0 Å².